The lowest BCUT2D eigenvalue weighted by molar-refractivity contribution is -0.129. The Morgan fingerprint density at radius 2 is 1.78 bits per heavy atom. The molecular weight excluding hydrogens is 569 g/mol. The molecule has 1 aliphatic rings. The molecule has 9 heteroatoms. The van der Waals surface area contributed by atoms with Gasteiger partial charge >= 0.3 is 11.9 Å². The molecule has 0 unspecified atom stereocenters. The van der Waals surface area contributed by atoms with Gasteiger partial charge in [-0.3, -0.25) is 0 Å². The molecule has 160 valence electrons. The summed E-state index contributed by atoms with van der Waals surface area (Å²) in [5, 5.41) is 0.276. The van der Waals surface area contributed by atoms with Gasteiger partial charge < -0.3 is 9.47 Å². The molecule has 4 rings (SSSR count). The molecule has 0 amide bonds. The predicted octanol–water partition coefficient (Wildman–Crippen LogP) is 6.57. The van der Waals surface area contributed by atoms with Crippen LogP contribution >= 0.6 is 43.5 Å². The summed E-state index contributed by atoms with van der Waals surface area (Å²) in [6.07, 6.45) is 1.50. The minimum atomic E-state index is -0.661. The molecule has 0 atom stereocenters. The van der Waals surface area contributed by atoms with E-state index in [2.05, 4.69) is 36.9 Å². The highest BCUT2D eigenvalue weighted by Gasteiger charge is 2.25. The van der Waals surface area contributed by atoms with Crippen LogP contribution in [0.2, 0.25) is 5.02 Å². The first-order chi connectivity index (χ1) is 15.3. The van der Waals surface area contributed by atoms with Crippen molar-refractivity contribution >= 4 is 67.4 Å². The summed E-state index contributed by atoms with van der Waals surface area (Å²) < 4.78 is 25.0. The summed E-state index contributed by atoms with van der Waals surface area (Å²) in [7, 11) is 0. The van der Waals surface area contributed by atoms with Gasteiger partial charge in [-0.25, -0.2) is 19.0 Å². The maximum Gasteiger partial charge on any atom is 0.363 e. The fourth-order valence-electron chi connectivity index (χ4n) is 2.85. The average molecular weight is 580 g/mol. The third-order valence-corrected chi connectivity index (χ3v) is 5.81. The highest BCUT2D eigenvalue weighted by atomic mass is 79.9. The van der Waals surface area contributed by atoms with Crippen LogP contribution in [0.4, 0.5) is 4.39 Å². The molecule has 3 aromatic rings. The molecule has 1 heterocycles. The Labute approximate surface area is 203 Å². The summed E-state index contributed by atoms with van der Waals surface area (Å²) in [6.45, 7) is 0. The normalized spacial score (nSPS) is 14.3. The van der Waals surface area contributed by atoms with Crippen LogP contribution in [-0.4, -0.2) is 17.8 Å². The van der Waals surface area contributed by atoms with Gasteiger partial charge in [0, 0.05) is 5.56 Å². The smallest absolute Gasteiger partial charge is 0.363 e. The second kappa shape index (κ2) is 9.36. The third-order valence-electron chi connectivity index (χ3n) is 4.30. The van der Waals surface area contributed by atoms with Gasteiger partial charge in [-0.1, -0.05) is 29.8 Å². The molecule has 32 heavy (non-hydrogen) atoms. The van der Waals surface area contributed by atoms with Gasteiger partial charge in [0.2, 0.25) is 5.90 Å². The molecule has 0 spiro atoms. The van der Waals surface area contributed by atoms with Gasteiger partial charge in [0.1, 0.15) is 5.82 Å². The first-order valence-electron chi connectivity index (χ1n) is 9.06. The van der Waals surface area contributed by atoms with E-state index in [0.29, 0.717) is 20.1 Å². The minimum Gasteiger partial charge on any atom is -0.420 e. The zero-order chi connectivity index (χ0) is 22.8. The molecule has 0 radical (unpaired) electrons. The maximum absolute atomic E-state index is 13.4. The first-order valence-corrected chi connectivity index (χ1v) is 11.0. The zero-order valence-electron chi connectivity index (χ0n) is 15.9. The maximum atomic E-state index is 13.4. The van der Waals surface area contributed by atoms with E-state index in [4.69, 9.17) is 21.1 Å². The van der Waals surface area contributed by atoms with Gasteiger partial charge in [0.15, 0.2) is 11.4 Å². The molecule has 0 aliphatic carbocycles. The first kappa shape index (κ1) is 22.4. The second-order valence-corrected chi connectivity index (χ2v) is 8.65. The van der Waals surface area contributed by atoms with Gasteiger partial charge in [-0.2, -0.15) is 0 Å². The standard InChI is InChI=1S/C23H11Br2ClFNO4/c24-16-8-12(9-17(25)20(16)31-22(29)15-6-1-2-7-18(15)26)10-19-23(30)32-21(28-19)13-4-3-5-14(27)11-13/h1-11H/b19-10-. The Morgan fingerprint density at radius 3 is 2.47 bits per heavy atom. The number of hydrogen-bond acceptors (Lipinski definition) is 5. The molecule has 1 aliphatic heterocycles. The molecule has 0 aromatic heterocycles. The summed E-state index contributed by atoms with van der Waals surface area (Å²) in [5.74, 6) is -1.48. The number of hydrogen-bond donors (Lipinski definition) is 0. The lowest BCUT2D eigenvalue weighted by Gasteiger charge is -2.10. The third kappa shape index (κ3) is 4.82. The quantitative estimate of drug-likeness (QED) is 0.199. The molecule has 0 saturated heterocycles. The highest BCUT2D eigenvalue weighted by molar-refractivity contribution is 9.11. The van der Waals surface area contributed by atoms with Crippen molar-refractivity contribution < 1.29 is 23.5 Å². The van der Waals surface area contributed by atoms with E-state index >= 15 is 0 Å². The van der Waals surface area contributed by atoms with Gasteiger partial charge in [0.25, 0.3) is 0 Å². The van der Waals surface area contributed by atoms with Crippen molar-refractivity contribution in [2.75, 3.05) is 0 Å². The number of aliphatic imine (C=N–C) groups is 1. The van der Waals surface area contributed by atoms with Crippen molar-refractivity contribution in [3.8, 4) is 5.75 Å². The monoisotopic (exact) mass is 577 g/mol. The van der Waals surface area contributed by atoms with Crippen LogP contribution in [0.5, 0.6) is 5.75 Å². The number of halogens is 4. The van der Waals surface area contributed by atoms with Crippen LogP contribution < -0.4 is 4.74 Å². The van der Waals surface area contributed by atoms with Crippen LogP contribution in [0.25, 0.3) is 6.08 Å². The molecule has 0 N–H and O–H groups in total. The largest absolute Gasteiger partial charge is 0.420 e. The molecule has 5 nitrogen and oxygen atoms in total. The molecule has 0 fully saturated rings. The molecule has 0 saturated carbocycles. The van der Waals surface area contributed by atoms with E-state index in [0.717, 1.165) is 0 Å². The van der Waals surface area contributed by atoms with Crippen molar-refractivity contribution in [2.24, 2.45) is 4.99 Å². The number of cyclic esters (lactones) is 1. The topological polar surface area (TPSA) is 65.0 Å². The van der Waals surface area contributed by atoms with Crippen LogP contribution in [0, 0.1) is 5.82 Å². The number of benzene rings is 3. The van der Waals surface area contributed by atoms with E-state index in [1.807, 2.05) is 0 Å². The summed E-state index contributed by atoms with van der Waals surface area (Å²) >= 11 is 12.8. The number of ether oxygens (including phenoxy) is 2. The van der Waals surface area contributed by atoms with E-state index in [1.165, 1.54) is 24.3 Å². The summed E-state index contributed by atoms with van der Waals surface area (Å²) in [4.78, 5) is 28.9. The highest BCUT2D eigenvalue weighted by Crippen LogP contribution is 2.36. The second-order valence-electron chi connectivity index (χ2n) is 6.53. The number of carbonyl (C=O) groups is 2. The SMILES string of the molecule is O=C1OC(c2cccc(F)c2)=N/C1=C\c1cc(Br)c(OC(=O)c2ccccc2Cl)c(Br)c1. The lowest BCUT2D eigenvalue weighted by atomic mass is 10.2. The Morgan fingerprint density at radius 1 is 1.06 bits per heavy atom. The molecular formula is C23H11Br2ClFNO4. The Balaban J connectivity index is 1.60. The van der Waals surface area contributed by atoms with Gasteiger partial charge in [-0.05, 0) is 86.0 Å². The van der Waals surface area contributed by atoms with Crippen LogP contribution in [0.1, 0.15) is 21.5 Å². The van der Waals surface area contributed by atoms with E-state index in [9.17, 15) is 14.0 Å². The number of rotatable bonds is 4. The number of esters is 2. The van der Waals surface area contributed by atoms with E-state index in [1.54, 1.807) is 42.5 Å². The predicted molar refractivity (Wildman–Crippen MR) is 125 cm³/mol. The van der Waals surface area contributed by atoms with Crippen molar-refractivity contribution in [2.45, 2.75) is 0 Å². The van der Waals surface area contributed by atoms with Gasteiger partial charge in [-0.15, -0.1) is 0 Å². The van der Waals surface area contributed by atoms with E-state index in [-0.39, 0.29) is 27.9 Å². The average Bonchev–Trinajstić information content (AvgIpc) is 3.11. The summed E-state index contributed by atoms with van der Waals surface area (Å²) in [6, 6.07) is 15.4. The Hall–Kier alpha value is -2.81. The van der Waals surface area contributed by atoms with Crippen molar-refractivity contribution in [3.63, 3.8) is 0 Å². The number of carbonyl (C=O) groups excluding carboxylic acids is 2. The van der Waals surface area contributed by atoms with Crippen molar-refractivity contribution in [3.05, 3.63) is 103 Å². The lowest BCUT2D eigenvalue weighted by Crippen LogP contribution is -2.10. The van der Waals surface area contributed by atoms with Crippen LogP contribution in [-0.2, 0) is 9.53 Å². The number of nitrogens with zero attached hydrogens (tertiary/aromatic N) is 1. The molecule has 0 bridgehead atoms. The Kier molecular flexibility index (Phi) is 6.55. The fourth-order valence-corrected chi connectivity index (χ4v) is 4.44. The van der Waals surface area contributed by atoms with Crippen LogP contribution in [0.15, 0.2) is 80.3 Å². The zero-order valence-corrected chi connectivity index (χ0v) is 19.9. The minimum absolute atomic E-state index is 0.0178. The van der Waals surface area contributed by atoms with Crippen molar-refractivity contribution in [1.29, 1.82) is 0 Å². The Bertz CT molecular complexity index is 1300. The van der Waals surface area contributed by atoms with E-state index < -0.39 is 17.8 Å². The fraction of sp³-hybridized carbons (Fsp3) is 0. The summed E-state index contributed by atoms with van der Waals surface area (Å²) in [5.41, 5.74) is 1.21. The van der Waals surface area contributed by atoms with Crippen molar-refractivity contribution in [1.82, 2.24) is 0 Å². The van der Waals surface area contributed by atoms with Gasteiger partial charge in [0.05, 0.1) is 19.5 Å². The van der Waals surface area contributed by atoms with Crippen LogP contribution in [0.3, 0.4) is 0 Å². The molecule has 3 aromatic carbocycles.